The fourth-order valence-electron chi connectivity index (χ4n) is 7.02. The predicted octanol–water partition coefficient (Wildman–Crippen LogP) is 6.64. The van der Waals surface area contributed by atoms with Crippen molar-refractivity contribution in [2.24, 2.45) is 13.0 Å². The second-order valence-electron chi connectivity index (χ2n) is 13.2. The number of rotatable bonds is 7. The monoisotopic (exact) mass is 583 g/mol. The van der Waals surface area contributed by atoms with Crippen molar-refractivity contribution in [1.82, 2.24) is 29.0 Å². The first-order valence-corrected chi connectivity index (χ1v) is 16.0. The van der Waals surface area contributed by atoms with Gasteiger partial charge in [0.15, 0.2) is 0 Å². The smallest absolute Gasteiger partial charge is 0.280 e. The number of piperidine rings is 1. The minimum absolute atomic E-state index is 0.0572. The normalized spacial score (nSPS) is 19.0. The summed E-state index contributed by atoms with van der Waals surface area (Å²) >= 11 is 0. The summed E-state index contributed by atoms with van der Waals surface area (Å²) < 4.78 is 3.75. The summed E-state index contributed by atoms with van der Waals surface area (Å²) in [5.74, 6) is 3.02. The second-order valence-corrected chi connectivity index (χ2v) is 13.2. The maximum atomic E-state index is 14.2. The topological polar surface area (TPSA) is 95.5 Å². The third-order valence-electron chi connectivity index (χ3n) is 9.63. The van der Waals surface area contributed by atoms with Gasteiger partial charge < -0.3 is 9.55 Å². The zero-order valence-electron chi connectivity index (χ0n) is 25.4. The van der Waals surface area contributed by atoms with Crippen LogP contribution in [-0.4, -0.2) is 42.1 Å². The Bertz CT molecular complexity index is 2000. The van der Waals surface area contributed by atoms with Crippen LogP contribution in [-0.2, 0) is 13.6 Å². The van der Waals surface area contributed by atoms with Gasteiger partial charge in [0.1, 0.15) is 17.2 Å². The number of pyridine rings is 2. The summed E-state index contributed by atoms with van der Waals surface area (Å²) in [7, 11) is 1.96. The van der Waals surface area contributed by atoms with E-state index in [0.717, 1.165) is 84.6 Å². The van der Waals surface area contributed by atoms with Crippen molar-refractivity contribution in [2.75, 3.05) is 13.1 Å². The van der Waals surface area contributed by atoms with E-state index >= 15 is 0 Å². The van der Waals surface area contributed by atoms with E-state index in [1.165, 1.54) is 18.4 Å². The maximum absolute atomic E-state index is 14.2. The van der Waals surface area contributed by atoms with Crippen LogP contribution in [0.4, 0.5) is 0 Å². The molecule has 222 valence electrons. The Morgan fingerprint density at radius 3 is 2.61 bits per heavy atom. The molecule has 0 spiro atoms. The molecule has 8 rings (SSSR count). The van der Waals surface area contributed by atoms with Gasteiger partial charge in [0, 0.05) is 67.0 Å². The Morgan fingerprint density at radius 1 is 1.05 bits per heavy atom. The van der Waals surface area contributed by atoms with E-state index in [-0.39, 0.29) is 5.56 Å². The van der Waals surface area contributed by atoms with Crippen LogP contribution >= 0.6 is 0 Å². The van der Waals surface area contributed by atoms with E-state index in [2.05, 4.69) is 46.2 Å². The quantitative estimate of drug-likeness (QED) is 0.232. The highest BCUT2D eigenvalue weighted by molar-refractivity contribution is 5.85. The van der Waals surface area contributed by atoms with E-state index in [1.54, 1.807) is 10.8 Å². The van der Waals surface area contributed by atoms with Crippen molar-refractivity contribution in [3.63, 3.8) is 0 Å². The molecule has 3 aliphatic rings. The molecule has 0 bridgehead atoms. The van der Waals surface area contributed by atoms with Crippen molar-refractivity contribution in [2.45, 2.75) is 63.8 Å². The van der Waals surface area contributed by atoms with E-state index < -0.39 is 0 Å². The van der Waals surface area contributed by atoms with Gasteiger partial charge in [-0.3, -0.25) is 14.3 Å². The Morgan fingerprint density at radius 2 is 1.89 bits per heavy atom. The molecule has 1 saturated heterocycles. The zero-order valence-corrected chi connectivity index (χ0v) is 25.4. The summed E-state index contributed by atoms with van der Waals surface area (Å²) in [5.41, 5.74) is 7.41. The van der Waals surface area contributed by atoms with Crippen molar-refractivity contribution >= 4 is 10.9 Å². The number of hydrogen-bond acceptors (Lipinski definition) is 5. The summed E-state index contributed by atoms with van der Waals surface area (Å²) in [6.45, 7) is 5.38. The first-order valence-electron chi connectivity index (χ1n) is 16.0. The number of hydrogen-bond donors (Lipinski definition) is 1. The Hall–Kier alpha value is -4.48. The molecule has 2 saturated carbocycles. The van der Waals surface area contributed by atoms with Gasteiger partial charge in [-0.1, -0.05) is 13.0 Å². The number of nitrogens with zero attached hydrogens (tertiary/aromatic N) is 6. The Balaban J connectivity index is 1.27. The molecule has 44 heavy (non-hydrogen) atoms. The molecule has 5 aromatic rings. The molecule has 0 amide bonds. The maximum Gasteiger partial charge on any atom is 0.280 e. The summed E-state index contributed by atoms with van der Waals surface area (Å²) in [4.78, 5) is 30.0. The molecular formula is C36H37N7O. The van der Waals surface area contributed by atoms with E-state index in [4.69, 9.17) is 4.98 Å². The average Bonchev–Trinajstić information content (AvgIpc) is 3.96. The number of aromatic amines is 1. The zero-order chi connectivity index (χ0) is 29.9. The molecule has 1 aliphatic heterocycles. The highest BCUT2D eigenvalue weighted by atomic mass is 16.1. The van der Waals surface area contributed by atoms with E-state index in [9.17, 15) is 10.1 Å². The number of fused-ring (bicyclic) bond motifs is 1. The van der Waals surface area contributed by atoms with Gasteiger partial charge in [-0.2, -0.15) is 5.26 Å². The van der Waals surface area contributed by atoms with Crippen LogP contribution in [0.3, 0.4) is 0 Å². The number of benzene rings is 1. The molecule has 5 heterocycles. The molecule has 8 heteroatoms. The van der Waals surface area contributed by atoms with Crippen molar-refractivity contribution in [1.29, 1.82) is 5.26 Å². The second kappa shape index (κ2) is 10.6. The van der Waals surface area contributed by atoms with Crippen LogP contribution < -0.4 is 5.56 Å². The lowest BCUT2D eigenvalue weighted by atomic mass is 9.96. The standard InChI is InChI=1S/C36H37N7O/c1-22-4-3-12-42(19-22)20-27-17-29-31(24-6-7-24)21-43(36(44)34(29)39-27)33-16-26(15-32(40-33)25-8-9-25)28-10-5-23(18-37)14-30(28)35-38-11-13-41(35)2/h5,10-11,13-17,21-22,24-25,39H,3-4,6-9,12,19-20H2,1-2H3/t22-/m0/s1. The number of likely N-dealkylation sites (tertiary alicyclic amines) is 1. The Labute approximate surface area is 257 Å². The molecule has 1 atom stereocenters. The number of nitriles is 1. The molecule has 0 unspecified atom stereocenters. The van der Waals surface area contributed by atoms with Crippen LogP contribution in [0.1, 0.15) is 79.8 Å². The van der Waals surface area contributed by atoms with Crippen LogP contribution in [0, 0.1) is 17.2 Å². The number of nitrogens with one attached hydrogen (secondary N) is 1. The number of imidazole rings is 1. The van der Waals surface area contributed by atoms with Crippen molar-refractivity contribution in [3.05, 3.63) is 87.9 Å². The number of H-pyrrole nitrogens is 1. The van der Waals surface area contributed by atoms with E-state index in [1.807, 2.05) is 42.1 Å². The lowest BCUT2D eigenvalue weighted by Crippen LogP contribution is -2.33. The molecule has 8 nitrogen and oxygen atoms in total. The molecule has 1 aromatic carbocycles. The first-order chi connectivity index (χ1) is 21.4. The SMILES string of the molecule is C[C@H]1CCCN(Cc2cc3c(C4CC4)cn(-c4cc(-c5ccc(C#N)cc5-c5nccn5C)cc(C5CC5)n4)c(=O)c3[nH]2)C1. The van der Waals surface area contributed by atoms with Gasteiger partial charge in [0.2, 0.25) is 0 Å². The Kier molecular flexibility index (Phi) is 6.53. The van der Waals surface area contributed by atoms with E-state index in [0.29, 0.717) is 34.7 Å². The summed E-state index contributed by atoms with van der Waals surface area (Å²) in [5, 5.41) is 10.7. The van der Waals surface area contributed by atoms with Gasteiger partial charge in [-0.05, 0) is 104 Å². The van der Waals surface area contributed by atoms with Crippen LogP contribution in [0.15, 0.2) is 59.8 Å². The predicted molar refractivity (Wildman–Crippen MR) is 172 cm³/mol. The van der Waals surface area contributed by atoms with Gasteiger partial charge in [0.05, 0.1) is 11.6 Å². The van der Waals surface area contributed by atoms with Gasteiger partial charge in [-0.15, -0.1) is 0 Å². The van der Waals surface area contributed by atoms with Crippen LogP contribution in [0.25, 0.3) is 39.2 Å². The molecule has 1 N–H and O–H groups in total. The minimum atomic E-state index is -0.0572. The van der Waals surface area contributed by atoms with Crippen LogP contribution in [0.5, 0.6) is 0 Å². The molecular weight excluding hydrogens is 546 g/mol. The summed E-state index contributed by atoms with van der Waals surface area (Å²) in [6, 6.07) is 14.5. The summed E-state index contributed by atoms with van der Waals surface area (Å²) in [6.07, 6.45) is 12.8. The van der Waals surface area contributed by atoms with Crippen molar-refractivity contribution in [3.8, 4) is 34.4 Å². The fourth-order valence-corrected chi connectivity index (χ4v) is 7.02. The fraction of sp³-hybridized carbons (Fsp3) is 0.389. The number of aryl methyl sites for hydroxylation is 1. The van der Waals surface area contributed by atoms with Crippen LogP contribution in [0.2, 0.25) is 0 Å². The first kappa shape index (κ1) is 27.1. The number of aromatic nitrogens is 5. The van der Waals surface area contributed by atoms with Gasteiger partial charge in [-0.25, -0.2) is 9.97 Å². The molecule has 3 fully saturated rings. The highest BCUT2D eigenvalue weighted by Crippen LogP contribution is 2.44. The molecule has 4 aromatic heterocycles. The van der Waals surface area contributed by atoms with Crippen molar-refractivity contribution < 1.29 is 0 Å². The lowest BCUT2D eigenvalue weighted by molar-refractivity contribution is 0.175. The van der Waals surface area contributed by atoms with Gasteiger partial charge >= 0.3 is 0 Å². The third kappa shape index (κ3) is 4.95. The minimum Gasteiger partial charge on any atom is -0.353 e. The largest absolute Gasteiger partial charge is 0.353 e. The third-order valence-corrected chi connectivity index (χ3v) is 9.63. The highest BCUT2D eigenvalue weighted by Gasteiger charge is 2.30. The van der Waals surface area contributed by atoms with Gasteiger partial charge in [0.25, 0.3) is 5.56 Å². The average molecular weight is 584 g/mol. The lowest BCUT2D eigenvalue weighted by Gasteiger charge is -2.30. The molecule has 2 aliphatic carbocycles. The molecule has 0 radical (unpaired) electrons.